The molecule has 0 fully saturated rings. The monoisotopic (exact) mass is 289 g/mol. The topological polar surface area (TPSA) is 43.6 Å². The fourth-order valence-corrected chi connectivity index (χ4v) is 2.41. The Morgan fingerprint density at radius 3 is 2.24 bits per heavy atom. The second-order valence-electron chi connectivity index (χ2n) is 4.91. The minimum absolute atomic E-state index is 0.0928. The van der Waals surface area contributed by atoms with Gasteiger partial charge in [-0.25, -0.2) is 0 Å². The molecule has 0 aliphatic carbocycles. The predicted molar refractivity (Wildman–Crippen MR) is 83.1 cm³/mol. The highest BCUT2D eigenvalue weighted by atomic mass is 16.5. The SMILES string of the molecule is CCCNC(c1ccc(C)o1)c1c(OC)cccc1OC. The third kappa shape index (κ3) is 3.39. The number of aryl methyl sites for hydroxylation is 1. The molecular formula is C17H23NO3. The molecule has 0 radical (unpaired) electrons. The molecule has 1 aromatic carbocycles. The maximum absolute atomic E-state index is 5.82. The van der Waals surface area contributed by atoms with E-state index >= 15 is 0 Å². The van der Waals surface area contributed by atoms with Crippen LogP contribution in [-0.2, 0) is 0 Å². The summed E-state index contributed by atoms with van der Waals surface area (Å²) >= 11 is 0. The zero-order chi connectivity index (χ0) is 15.2. The van der Waals surface area contributed by atoms with Gasteiger partial charge in [-0.1, -0.05) is 13.0 Å². The van der Waals surface area contributed by atoms with Crippen LogP contribution in [0.2, 0.25) is 0 Å². The van der Waals surface area contributed by atoms with E-state index in [0.717, 1.165) is 41.5 Å². The summed E-state index contributed by atoms with van der Waals surface area (Å²) in [5, 5.41) is 3.51. The van der Waals surface area contributed by atoms with Crippen molar-refractivity contribution in [3.05, 3.63) is 47.4 Å². The highest BCUT2D eigenvalue weighted by Gasteiger charge is 2.24. The highest BCUT2D eigenvalue weighted by Crippen LogP contribution is 2.37. The first-order valence-electron chi connectivity index (χ1n) is 7.21. The molecule has 4 heteroatoms. The average Bonchev–Trinajstić information content (AvgIpc) is 2.94. The molecule has 1 atom stereocenters. The van der Waals surface area contributed by atoms with Crippen molar-refractivity contribution in [1.82, 2.24) is 5.32 Å². The van der Waals surface area contributed by atoms with Gasteiger partial charge in [-0.3, -0.25) is 0 Å². The molecule has 0 spiro atoms. The van der Waals surface area contributed by atoms with E-state index in [1.54, 1.807) is 14.2 Å². The van der Waals surface area contributed by atoms with Crippen molar-refractivity contribution >= 4 is 0 Å². The first kappa shape index (κ1) is 15.4. The summed E-state index contributed by atoms with van der Waals surface area (Å²) in [4.78, 5) is 0. The van der Waals surface area contributed by atoms with Gasteiger partial charge < -0.3 is 19.2 Å². The lowest BCUT2D eigenvalue weighted by atomic mass is 10.0. The zero-order valence-electron chi connectivity index (χ0n) is 13.1. The van der Waals surface area contributed by atoms with Crippen molar-refractivity contribution in [2.75, 3.05) is 20.8 Å². The number of nitrogens with one attached hydrogen (secondary N) is 1. The van der Waals surface area contributed by atoms with Crippen molar-refractivity contribution in [3.63, 3.8) is 0 Å². The highest BCUT2D eigenvalue weighted by molar-refractivity contribution is 5.49. The summed E-state index contributed by atoms with van der Waals surface area (Å²) in [6.45, 7) is 4.96. The average molecular weight is 289 g/mol. The first-order chi connectivity index (χ1) is 10.2. The Labute approximate surface area is 126 Å². The predicted octanol–water partition coefficient (Wildman–Crippen LogP) is 3.69. The summed E-state index contributed by atoms with van der Waals surface area (Å²) < 4.78 is 16.9. The second-order valence-corrected chi connectivity index (χ2v) is 4.91. The lowest BCUT2D eigenvalue weighted by Gasteiger charge is -2.21. The molecule has 4 nitrogen and oxygen atoms in total. The summed E-state index contributed by atoms with van der Waals surface area (Å²) in [6.07, 6.45) is 1.04. The van der Waals surface area contributed by atoms with Crippen LogP contribution in [0.1, 0.15) is 36.5 Å². The molecule has 1 unspecified atom stereocenters. The van der Waals surface area contributed by atoms with Crippen LogP contribution < -0.4 is 14.8 Å². The van der Waals surface area contributed by atoms with Crippen molar-refractivity contribution in [2.45, 2.75) is 26.3 Å². The maximum Gasteiger partial charge on any atom is 0.127 e. The Morgan fingerprint density at radius 1 is 1.10 bits per heavy atom. The molecule has 1 N–H and O–H groups in total. The number of hydrogen-bond acceptors (Lipinski definition) is 4. The minimum Gasteiger partial charge on any atom is -0.496 e. The largest absolute Gasteiger partial charge is 0.496 e. The van der Waals surface area contributed by atoms with Gasteiger partial charge in [0.1, 0.15) is 23.0 Å². The van der Waals surface area contributed by atoms with Gasteiger partial charge in [0.2, 0.25) is 0 Å². The Morgan fingerprint density at radius 2 is 1.76 bits per heavy atom. The number of furan rings is 1. The summed E-state index contributed by atoms with van der Waals surface area (Å²) in [6, 6.07) is 9.67. The van der Waals surface area contributed by atoms with Crippen molar-refractivity contribution in [3.8, 4) is 11.5 Å². The van der Waals surface area contributed by atoms with E-state index in [4.69, 9.17) is 13.9 Å². The van der Waals surface area contributed by atoms with Crippen molar-refractivity contribution in [1.29, 1.82) is 0 Å². The number of hydrogen-bond donors (Lipinski definition) is 1. The van der Waals surface area contributed by atoms with Gasteiger partial charge in [0.15, 0.2) is 0 Å². The smallest absolute Gasteiger partial charge is 0.127 e. The van der Waals surface area contributed by atoms with Gasteiger partial charge in [-0.05, 0) is 44.2 Å². The van der Waals surface area contributed by atoms with Crippen LogP contribution >= 0.6 is 0 Å². The Bertz CT molecular complexity index is 555. The zero-order valence-corrected chi connectivity index (χ0v) is 13.1. The van der Waals surface area contributed by atoms with Gasteiger partial charge in [-0.2, -0.15) is 0 Å². The van der Waals surface area contributed by atoms with Crippen molar-refractivity contribution in [2.24, 2.45) is 0 Å². The van der Waals surface area contributed by atoms with E-state index in [-0.39, 0.29) is 6.04 Å². The molecule has 114 valence electrons. The molecule has 0 saturated carbocycles. The van der Waals surface area contributed by atoms with Crippen LogP contribution in [-0.4, -0.2) is 20.8 Å². The van der Waals surface area contributed by atoms with Gasteiger partial charge in [0, 0.05) is 0 Å². The first-order valence-corrected chi connectivity index (χ1v) is 7.21. The van der Waals surface area contributed by atoms with Gasteiger partial charge >= 0.3 is 0 Å². The minimum atomic E-state index is -0.0928. The molecule has 1 aromatic heterocycles. The molecule has 2 rings (SSSR count). The lowest BCUT2D eigenvalue weighted by molar-refractivity contribution is 0.363. The van der Waals surface area contributed by atoms with E-state index in [1.165, 1.54) is 0 Å². The Balaban J connectivity index is 2.50. The van der Waals surface area contributed by atoms with Crippen LogP contribution in [0.4, 0.5) is 0 Å². The van der Waals surface area contributed by atoms with E-state index < -0.39 is 0 Å². The molecule has 21 heavy (non-hydrogen) atoms. The normalized spacial score (nSPS) is 12.2. The van der Waals surface area contributed by atoms with Gasteiger partial charge in [0.05, 0.1) is 25.8 Å². The fourth-order valence-electron chi connectivity index (χ4n) is 2.41. The Kier molecular flexibility index (Phi) is 5.28. The van der Waals surface area contributed by atoms with Crippen LogP contribution in [0.15, 0.2) is 34.7 Å². The van der Waals surface area contributed by atoms with E-state index in [2.05, 4.69) is 12.2 Å². The van der Waals surface area contributed by atoms with Crippen LogP contribution in [0, 0.1) is 6.92 Å². The fraction of sp³-hybridized carbons (Fsp3) is 0.412. The van der Waals surface area contributed by atoms with E-state index in [0.29, 0.717) is 0 Å². The molecule has 0 aliphatic rings. The van der Waals surface area contributed by atoms with Crippen LogP contribution in [0.25, 0.3) is 0 Å². The molecule has 0 amide bonds. The summed E-state index contributed by atoms with van der Waals surface area (Å²) in [7, 11) is 3.34. The third-order valence-corrected chi connectivity index (χ3v) is 3.40. The molecule has 1 heterocycles. The second kappa shape index (κ2) is 7.18. The van der Waals surface area contributed by atoms with Crippen molar-refractivity contribution < 1.29 is 13.9 Å². The standard InChI is InChI=1S/C17H23NO3/c1-5-11-18-17(15-10-9-12(2)21-15)16-13(19-3)7-6-8-14(16)20-4/h6-10,17-18H,5,11H2,1-4H3. The number of methoxy groups -OCH3 is 2. The van der Waals surface area contributed by atoms with E-state index in [9.17, 15) is 0 Å². The van der Waals surface area contributed by atoms with Crippen LogP contribution in [0.3, 0.4) is 0 Å². The molecule has 0 bridgehead atoms. The molecule has 0 saturated heterocycles. The quantitative estimate of drug-likeness (QED) is 0.844. The third-order valence-electron chi connectivity index (χ3n) is 3.40. The van der Waals surface area contributed by atoms with Crippen LogP contribution in [0.5, 0.6) is 11.5 Å². The van der Waals surface area contributed by atoms with Gasteiger partial charge in [0.25, 0.3) is 0 Å². The van der Waals surface area contributed by atoms with Gasteiger partial charge in [-0.15, -0.1) is 0 Å². The number of benzene rings is 1. The summed E-state index contributed by atoms with van der Waals surface area (Å²) in [5.41, 5.74) is 0.963. The maximum atomic E-state index is 5.82. The number of rotatable bonds is 7. The summed E-state index contributed by atoms with van der Waals surface area (Å²) in [5.74, 6) is 3.33. The molecule has 0 aliphatic heterocycles. The van der Waals surface area contributed by atoms with E-state index in [1.807, 2.05) is 37.3 Å². The molecular weight excluding hydrogens is 266 g/mol. The molecule has 2 aromatic rings. The number of ether oxygens (including phenoxy) is 2. The lowest BCUT2D eigenvalue weighted by Crippen LogP contribution is -2.24. The Hall–Kier alpha value is -1.94.